The van der Waals surface area contributed by atoms with Crippen molar-refractivity contribution < 1.29 is 33.8 Å². The monoisotopic (exact) mass is 519 g/mol. The Balaban J connectivity index is 1.53. The average Bonchev–Trinajstić information content (AvgIpc) is 3.14. The molecule has 2 aliphatic heterocycles. The van der Waals surface area contributed by atoms with E-state index in [9.17, 15) is 24.3 Å². The first kappa shape index (κ1) is 28.4. The van der Waals surface area contributed by atoms with Gasteiger partial charge in [0.25, 0.3) is 5.91 Å². The zero-order chi connectivity index (χ0) is 27.2. The first-order chi connectivity index (χ1) is 17.5. The Morgan fingerprint density at radius 2 is 2.00 bits per heavy atom. The van der Waals surface area contributed by atoms with Crippen LogP contribution in [0.3, 0.4) is 0 Å². The van der Waals surface area contributed by atoms with E-state index in [-0.39, 0.29) is 32.2 Å². The van der Waals surface area contributed by atoms with Gasteiger partial charge in [-0.2, -0.15) is 0 Å². The molecule has 204 valence electrons. The van der Waals surface area contributed by atoms with Crippen LogP contribution in [-0.4, -0.2) is 89.4 Å². The Hall–Kier alpha value is -3.22. The van der Waals surface area contributed by atoms with Gasteiger partial charge in [-0.05, 0) is 58.7 Å². The van der Waals surface area contributed by atoms with Crippen molar-refractivity contribution in [1.29, 1.82) is 0 Å². The summed E-state index contributed by atoms with van der Waals surface area (Å²) in [4.78, 5) is 53.2. The second-order valence-corrected chi connectivity index (χ2v) is 10.1. The highest BCUT2D eigenvalue weighted by molar-refractivity contribution is 6.04. The van der Waals surface area contributed by atoms with Crippen LogP contribution >= 0.6 is 0 Å². The lowest BCUT2D eigenvalue weighted by Crippen LogP contribution is -2.54. The molecule has 37 heavy (non-hydrogen) atoms. The van der Waals surface area contributed by atoms with Crippen molar-refractivity contribution >= 4 is 29.5 Å². The highest BCUT2D eigenvalue weighted by Crippen LogP contribution is 2.32. The van der Waals surface area contributed by atoms with E-state index in [1.807, 2.05) is 0 Å². The van der Waals surface area contributed by atoms with Crippen LogP contribution in [0.15, 0.2) is 18.2 Å². The van der Waals surface area contributed by atoms with Gasteiger partial charge < -0.3 is 40.7 Å². The lowest BCUT2D eigenvalue weighted by Gasteiger charge is -2.32. The molecular formula is C25H37N5O7. The quantitative estimate of drug-likeness (QED) is 0.330. The number of hydrogen-bond donors (Lipinski definition) is 4. The van der Waals surface area contributed by atoms with Gasteiger partial charge in [-0.3, -0.25) is 14.4 Å². The second-order valence-electron chi connectivity index (χ2n) is 10.1. The zero-order valence-electron chi connectivity index (χ0n) is 21.6. The molecule has 1 saturated heterocycles. The first-order valence-electron chi connectivity index (χ1n) is 12.5. The number of amides is 4. The van der Waals surface area contributed by atoms with Crippen LogP contribution in [0.5, 0.6) is 0 Å². The Kier molecular flexibility index (Phi) is 9.46. The van der Waals surface area contributed by atoms with E-state index in [1.54, 1.807) is 39.0 Å². The minimum atomic E-state index is -0.907. The molecule has 4 amide bonds. The SMILES string of the molecule is CC(C)(C)OC(=O)N(CCCN)CCOCC(=O)Nc1cccc2c1CN(C1CCC(O)NC1=O)C2=O. The third kappa shape index (κ3) is 7.63. The molecule has 1 aromatic rings. The fourth-order valence-corrected chi connectivity index (χ4v) is 4.23. The molecule has 2 heterocycles. The van der Waals surface area contributed by atoms with Gasteiger partial charge in [-0.1, -0.05) is 6.07 Å². The van der Waals surface area contributed by atoms with E-state index in [0.29, 0.717) is 49.2 Å². The molecule has 2 aliphatic rings. The maximum atomic E-state index is 12.9. The van der Waals surface area contributed by atoms with E-state index < -0.39 is 35.8 Å². The maximum absolute atomic E-state index is 12.9. The molecule has 2 unspecified atom stereocenters. The summed E-state index contributed by atoms with van der Waals surface area (Å²) in [6.45, 7) is 6.49. The number of aliphatic hydroxyl groups excluding tert-OH is 1. The fourth-order valence-electron chi connectivity index (χ4n) is 4.23. The van der Waals surface area contributed by atoms with Crippen molar-refractivity contribution in [1.82, 2.24) is 15.1 Å². The largest absolute Gasteiger partial charge is 0.444 e. The molecule has 0 radical (unpaired) electrons. The zero-order valence-corrected chi connectivity index (χ0v) is 21.6. The Labute approximate surface area is 216 Å². The highest BCUT2D eigenvalue weighted by atomic mass is 16.6. The Bertz CT molecular complexity index is 1010. The van der Waals surface area contributed by atoms with Crippen LogP contribution in [0, 0.1) is 0 Å². The lowest BCUT2D eigenvalue weighted by molar-refractivity contribution is -0.132. The van der Waals surface area contributed by atoms with Crippen LogP contribution < -0.4 is 16.4 Å². The molecule has 3 rings (SSSR count). The van der Waals surface area contributed by atoms with Gasteiger partial charge >= 0.3 is 6.09 Å². The first-order valence-corrected chi connectivity index (χ1v) is 12.5. The summed E-state index contributed by atoms with van der Waals surface area (Å²) < 4.78 is 10.9. The molecule has 1 fully saturated rings. The molecule has 12 nitrogen and oxygen atoms in total. The van der Waals surface area contributed by atoms with Crippen molar-refractivity contribution in [3.05, 3.63) is 29.3 Å². The number of fused-ring (bicyclic) bond motifs is 1. The van der Waals surface area contributed by atoms with E-state index in [2.05, 4.69) is 10.6 Å². The summed E-state index contributed by atoms with van der Waals surface area (Å²) in [5.41, 5.74) is 6.45. The minimum Gasteiger partial charge on any atom is -0.444 e. The van der Waals surface area contributed by atoms with Gasteiger partial charge in [0.1, 0.15) is 24.5 Å². The predicted molar refractivity (Wildman–Crippen MR) is 134 cm³/mol. The van der Waals surface area contributed by atoms with Gasteiger partial charge in [0.05, 0.1) is 6.61 Å². The normalized spacial score (nSPS) is 19.3. The molecule has 0 aromatic heterocycles. The summed E-state index contributed by atoms with van der Waals surface area (Å²) in [5.74, 6) is -1.10. The van der Waals surface area contributed by atoms with Crippen LogP contribution in [0.4, 0.5) is 10.5 Å². The van der Waals surface area contributed by atoms with Crippen LogP contribution in [-0.2, 0) is 25.6 Å². The molecule has 2 atom stereocenters. The van der Waals surface area contributed by atoms with Crippen LogP contribution in [0.25, 0.3) is 0 Å². The molecular weight excluding hydrogens is 482 g/mol. The summed E-state index contributed by atoms with van der Waals surface area (Å²) in [5, 5.41) is 14.9. The number of aliphatic hydroxyl groups is 1. The molecule has 1 aromatic carbocycles. The summed E-state index contributed by atoms with van der Waals surface area (Å²) in [6.07, 6.45) is -0.0552. The number of benzene rings is 1. The lowest BCUT2D eigenvalue weighted by atomic mass is 10.0. The standard InChI is InChI=1S/C25H37N5O7/c1-25(2,3)37-24(35)29(11-5-10-26)12-13-36-15-21(32)27-18-7-4-6-16-17(18)14-30(23(16)34)19-8-9-20(31)28-22(19)33/h4,6-7,19-20,31H,5,8-15,26H2,1-3H3,(H,27,32)(H,28,33). The van der Waals surface area contributed by atoms with Gasteiger partial charge in [-0.25, -0.2) is 4.79 Å². The number of carbonyl (C=O) groups excluding carboxylic acids is 4. The minimum absolute atomic E-state index is 0.124. The number of rotatable bonds is 10. The third-order valence-electron chi connectivity index (χ3n) is 5.99. The predicted octanol–water partition coefficient (Wildman–Crippen LogP) is 0.780. The second kappa shape index (κ2) is 12.3. The van der Waals surface area contributed by atoms with E-state index in [1.165, 1.54) is 9.80 Å². The van der Waals surface area contributed by atoms with Gasteiger partial charge in [0.2, 0.25) is 11.8 Å². The maximum Gasteiger partial charge on any atom is 0.410 e. The smallest absolute Gasteiger partial charge is 0.410 e. The van der Waals surface area contributed by atoms with Gasteiger partial charge in [0, 0.05) is 36.4 Å². The average molecular weight is 520 g/mol. The highest BCUT2D eigenvalue weighted by Gasteiger charge is 2.39. The Morgan fingerprint density at radius 1 is 1.24 bits per heavy atom. The fraction of sp³-hybridized carbons (Fsp3) is 0.600. The van der Waals surface area contributed by atoms with E-state index >= 15 is 0 Å². The topological polar surface area (TPSA) is 164 Å². The number of nitrogens with two attached hydrogens (primary N) is 1. The number of nitrogens with zero attached hydrogens (tertiary/aromatic N) is 2. The van der Waals surface area contributed by atoms with Gasteiger partial charge in [0.15, 0.2) is 0 Å². The number of carbonyl (C=O) groups is 4. The van der Waals surface area contributed by atoms with Crippen molar-refractivity contribution in [3.63, 3.8) is 0 Å². The van der Waals surface area contributed by atoms with E-state index in [0.717, 1.165) is 0 Å². The molecule has 0 spiro atoms. The number of anilines is 1. The third-order valence-corrected chi connectivity index (χ3v) is 5.99. The van der Waals surface area contributed by atoms with Crippen LogP contribution in [0.2, 0.25) is 0 Å². The molecule has 12 heteroatoms. The number of hydrogen-bond acceptors (Lipinski definition) is 8. The van der Waals surface area contributed by atoms with Crippen LogP contribution in [0.1, 0.15) is 56.0 Å². The number of piperidine rings is 1. The molecule has 5 N–H and O–H groups in total. The molecule has 0 aliphatic carbocycles. The number of ether oxygens (including phenoxy) is 2. The molecule has 0 bridgehead atoms. The summed E-state index contributed by atoms with van der Waals surface area (Å²) in [7, 11) is 0. The van der Waals surface area contributed by atoms with Crippen molar-refractivity contribution in [2.75, 3.05) is 38.2 Å². The number of nitrogens with one attached hydrogen (secondary N) is 2. The Morgan fingerprint density at radius 3 is 2.68 bits per heavy atom. The summed E-state index contributed by atoms with van der Waals surface area (Å²) in [6, 6.07) is 4.33. The van der Waals surface area contributed by atoms with Crippen molar-refractivity contribution in [3.8, 4) is 0 Å². The van der Waals surface area contributed by atoms with E-state index in [4.69, 9.17) is 15.2 Å². The molecule has 0 saturated carbocycles. The van der Waals surface area contributed by atoms with Gasteiger partial charge in [-0.15, -0.1) is 0 Å². The van der Waals surface area contributed by atoms with Crippen molar-refractivity contribution in [2.24, 2.45) is 5.73 Å². The summed E-state index contributed by atoms with van der Waals surface area (Å²) >= 11 is 0. The van der Waals surface area contributed by atoms with Crippen molar-refractivity contribution in [2.45, 2.75) is 64.4 Å².